The predicted molar refractivity (Wildman–Crippen MR) is 113 cm³/mol. The van der Waals surface area contributed by atoms with Gasteiger partial charge in [0.05, 0.1) is 24.1 Å². The maximum Gasteiger partial charge on any atom is 0.243 e. The van der Waals surface area contributed by atoms with Gasteiger partial charge in [0.2, 0.25) is 15.9 Å². The SMILES string of the molecule is CC(=O)c1ccc(S(=O)(=O)N(C)CC(=O)N2CC(C)OC(c3ccccc3)C2)cc1. The van der Waals surface area contributed by atoms with E-state index in [0.717, 1.165) is 9.87 Å². The molecule has 7 nitrogen and oxygen atoms in total. The molecule has 0 bridgehead atoms. The molecule has 2 unspecified atom stereocenters. The third-order valence-corrected chi connectivity index (χ3v) is 6.93. The summed E-state index contributed by atoms with van der Waals surface area (Å²) < 4.78 is 32.7. The Morgan fingerprint density at radius 2 is 1.70 bits per heavy atom. The summed E-state index contributed by atoms with van der Waals surface area (Å²) in [5.74, 6) is -0.422. The summed E-state index contributed by atoms with van der Waals surface area (Å²) in [6, 6.07) is 15.4. The van der Waals surface area contributed by atoms with Gasteiger partial charge in [0, 0.05) is 19.2 Å². The van der Waals surface area contributed by atoms with Gasteiger partial charge in [-0.2, -0.15) is 4.31 Å². The number of ether oxygens (including phenoxy) is 1. The third-order valence-electron chi connectivity index (χ3n) is 5.11. The Morgan fingerprint density at radius 3 is 2.30 bits per heavy atom. The van der Waals surface area contributed by atoms with Crippen molar-refractivity contribution in [2.75, 3.05) is 26.7 Å². The van der Waals surface area contributed by atoms with E-state index in [9.17, 15) is 18.0 Å². The van der Waals surface area contributed by atoms with Crippen molar-refractivity contribution in [2.45, 2.75) is 31.0 Å². The number of amides is 1. The number of rotatable bonds is 6. The van der Waals surface area contributed by atoms with Gasteiger partial charge in [-0.05, 0) is 31.5 Å². The lowest BCUT2D eigenvalue weighted by Gasteiger charge is -2.37. The fourth-order valence-corrected chi connectivity index (χ4v) is 4.54. The molecule has 1 saturated heterocycles. The van der Waals surface area contributed by atoms with E-state index in [0.29, 0.717) is 18.7 Å². The predicted octanol–water partition coefficient (Wildman–Crippen LogP) is 2.50. The number of carbonyl (C=O) groups excluding carboxylic acids is 2. The molecule has 1 aliphatic heterocycles. The molecular formula is C22H26N2O5S. The third kappa shape index (κ3) is 4.95. The van der Waals surface area contributed by atoms with Gasteiger partial charge in [0.15, 0.2) is 5.78 Å². The lowest BCUT2D eigenvalue weighted by molar-refractivity contribution is -0.144. The molecule has 2 aromatic carbocycles. The normalized spacial score (nSPS) is 19.7. The smallest absolute Gasteiger partial charge is 0.243 e. The monoisotopic (exact) mass is 430 g/mol. The number of hydrogen-bond donors (Lipinski definition) is 0. The van der Waals surface area contributed by atoms with E-state index in [1.54, 1.807) is 4.90 Å². The average molecular weight is 431 g/mol. The number of nitrogens with zero attached hydrogens (tertiary/aromatic N) is 2. The molecule has 0 spiro atoms. The minimum Gasteiger partial charge on any atom is -0.367 e. The van der Waals surface area contributed by atoms with Crippen LogP contribution in [-0.4, -0.2) is 62.1 Å². The van der Waals surface area contributed by atoms with Gasteiger partial charge < -0.3 is 9.64 Å². The minimum absolute atomic E-state index is 0.0420. The van der Waals surface area contributed by atoms with Crippen LogP contribution in [-0.2, 0) is 19.6 Å². The maximum atomic E-state index is 12.9. The van der Waals surface area contributed by atoms with Crippen LogP contribution < -0.4 is 0 Å². The standard InChI is InChI=1S/C22H26N2O5S/c1-16-13-24(14-21(29-16)19-7-5-4-6-8-19)22(26)15-23(3)30(27,28)20-11-9-18(10-12-20)17(2)25/h4-12,16,21H,13-15H2,1-3H3. The number of Topliss-reactive ketones (excluding diaryl/α,β-unsaturated/α-hetero) is 1. The zero-order valence-electron chi connectivity index (χ0n) is 17.3. The Bertz CT molecular complexity index is 1010. The van der Waals surface area contributed by atoms with Gasteiger partial charge in [0.1, 0.15) is 6.10 Å². The Labute approximate surface area is 177 Å². The van der Waals surface area contributed by atoms with Crippen molar-refractivity contribution >= 4 is 21.7 Å². The van der Waals surface area contributed by atoms with Crippen LogP contribution in [0.4, 0.5) is 0 Å². The molecule has 1 heterocycles. The number of sulfonamides is 1. The molecule has 8 heteroatoms. The van der Waals surface area contributed by atoms with E-state index >= 15 is 0 Å². The molecule has 0 saturated carbocycles. The van der Waals surface area contributed by atoms with Crippen molar-refractivity contribution in [1.29, 1.82) is 0 Å². The quantitative estimate of drug-likeness (QED) is 0.658. The molecule has 0 N–H and O–H groups in total. The first-order valence-corrected chi connectivity index (χ1v) is 11.2. The molecule has 2 aromatic rings. The summed E-state index contributed by atoms with van der Waals surface area (Å²) in [6.07, 6.45) is -0.408. The van der Waals surface area contributed by atoms with Crippen molar-refractivity contribution < 1.29 is 22.7 Å². The highest BCUT2D eigenvalue weighted by Gasteiger charge is 2.31. The second-order valence-electron chi connectivity index (χ2n) is 7.49. The van der Waals surface area contributed by atoms with Crippen LogP contribution in [0.25, 0.3) is 0 Å². The summed E-state index contributed by atoms with van der Waals surface area (Å²) in [7, 11) is -2.47. The molecular weight excluding hydrogens is 404 g/mol. The summed E-state index contributed by atoms with van der Waals surface area (Å²) in [5, 5.41) is 0. The highest BCUT2D eigenvalue weighted by molar-refractivity contribution is 7.89. The molecule has 1 aliphatic rings. The molecule has 0 aromatic heterocycles. The summed E-state index contributed by atoms with van der Waals surface area (Å²) in [5.41, 5.74) is 1.41. The van der Waals surface area contributed by atoms with Gasteiger partial charge in [-0.1, -0.05) is 42.5 Å². The molecule has 0 aliphatic carbocycles. The minimum atomic E-state index is -3.85. The van der Waals surface area contributed by atoms with Crippen LogP contribution in [0.1, 0.15) is 35.9 Å². The van der Waals surface area contributed by atoms with E-state index in [1.165, 1.54) is 38.2 Å². The molecule has 0 radical (unpaired) electrons. The van der Waals surface area contributed by atoms with Crippen LogP contribution in [0.3, 0.4) is 0 Å². The average Bonchev–Trinajstić information content (AvgIpc) is 2.73. The zero-order chi connectivity index (χ0) is 21.9. The second-order valence-corrected chi connectivity index (χ2v) is 9.53. The Kier molecular flexibility index (Phi) is 6.70. The van der Waals surface area contributed by atoms with Crippen LogP contribution in [0.2, 0.25) is 0 Å². The first-order valence-electron chi connectivity index (χ1n) is 9.74. The summed E-state index contributed by atoms with van der Waals surface area (Å²) in [4.78, 5) is 26.0. The van der Waals surface area contributed by atoms with Crippen molar-refractivity contribution in [3.8, 4) is 0 Å². The number of likely N-dealkylation sites (N-methyl/N-ethyl adjacent to an activating group) is 1. The summed E-state index contributed by atoms with van der Waals surface area (Å²) >= 11 is 0. The highest BCUT2D eigenvalue weighted by Crippen LogP contribution is 2.25. The van der Waals surface area contributed by atoms with E-state index in [1.807, 2.05) is 37.3 Å². The lowest BCUT2D eigenvalue weighted by Crippen LogP contribution is -2.49. The Balaban J connectivity index is 1.70. The van der Waals surface area contributed by atoms with Crippen molar-refractivity contribution in [1.82, 2.24) is 9.21 Å². The highest BCUT2D eigenvalue weighted by atomic mass is 32.2. The molecule has 3 rings (SSSR count). The van der Waals surface area contributed by atoms with Crippen LogP contribution in [0, 0.1) is 0 Å². The number of hydrogen-bond acceptors (Lipinski definition) is 5. The van der Waals surface area contributed by atoms with Crippen molar-refractivity contribution in [2.24, 2.45) is 0 Å². The first-order chi connectivity index (χ1) is 14.2. The Morgan fingerprint density at radius 1 is 1.07 bits per heavy atom. The van der Waals surface area contributed by atoms with E-state index in [-0.39, 0.29) is 35.3 Å². The van der Waals surface area contributed by atoms with Crippen LogP contribution in [0.5, 0.6) is 0 Å². The fraction of sp³-hybridized carbons (Fsp3) is 0.364. The summed E-state index contributed by atoms with van der Waals surface area (Å²) in [6.45, 7) is 3.81. The van der Waals surface area contributed by atoms with Crippen molar-refractivity contribution in [3.05, 3.63) is 65.7 Å². The lowest BCUT2D eigenvalue weighted by atomic mass is 10.1. The van der Waals surface area contributed by atoms with E-state index in [2.05, 4.69) is 0 Å². The van der Waals surface area contributed by atoms with E-state index < -0.39 is 10.0 Å². The van der Waals surface area contributed by atoms with E-state index in [4.69, 9.17) is 4.74 Å². The van der Waals surface area contributed by atoms with Gasteiger partial charge in [-0.15, -0.1) is 0 Å². The van der Waals surface area contributed by atoms with Crippen LogP contribution >= 0.6 is 0 Å². The van der Waals surface area contributed by atoms with Crippen molar-refractivity contribution in [3.63, 3.8) is 0 Å². The molecule has 2 atom stereocenters. The fourth-order valence-electron chi connectivity index (χ4n) is 3.42. The molecule has 160 valence electrons. The van der Waals surface area contributed by atoms with Crippen LogP contribution in [0.15, 0.2) is 59.5 Å². The van der Waals surface area contributed by atoms with Gasteiger partial charge in [-0.25, -0.2) is 8.42 Å². The maximum absolute atomic E-state index is 12.9. The molecule has 30 heavy (non-hydrogen) atoms. The largest absolute Gasteiger partial charge is 0.367 e. The second kappa shape index (κ2) is 9.07. The van der Waals surface area contributed by atoms with Gasteiger partial charge in [-0.3, -0.25) is 9.59 Å². The topological polar surface area (TPSA) is 84.0 Å². The zero-order valence-corrected chi connectivity index (χ0v) is 18.1. The molecule has 1 amide bonds. The Hall–Kier alpha value is -2.55. The first kappa shape index (κ1) is 22.1. The number of carbonyl (C=O) groups is 2. The number of morpholine rings is 1. The number of ketones is 1. The number of benzene rings is 2. The van der Waals surface area contributed by atoms with Gasteiger partial charge >= 0.3 is 0 Å². The molecule has 1 fully saturated rings. The van der Waals surface area contributed by atoms with Gasteiger partial charge in [0.25, 0.3) is 0 Å².